The number of carbonyl (C=O) groups excluding carboxylic acids is 1. The number of benzene rings is 1. The molecule has 144 valence electrons. The van der Waals surface area contributed by atoms with Crippen LogP contribution in [0.1, 0.15) is 40.9 Å². The van der Waals surface area contributed by atoms with Gasteiger partial charge < -0.3 is 10.2 Å². The van der Waals surface area contributed by atoms with Crippen LogP contribution in [0.4, 0.5) is 13.2 Å². The molecule has 3 rings (SSSR count). The van der Waals surface area contributed by atoms with Gasteiger partial charge in [0.1, 0.15) is 0 Å². The molecule has 2 aromatic rings. The van der Waals surface area contributed by atoms with Gasteiger partial charge in [-0.3, -0.25) is 9.78 Å². The third kappa shape index (κ3) is 5.07. The maximum absolute atomic E-state index is 13.1. The topological polar surface area (TPSA) is 45.2 Å². The summed E-state index contributed by atoms with van der Waals surface area (Å²) in [6.45, 7) is 2.05. The maximum atomic E-state index is 13.1. The summed E-state index contributed by atoms with van der Waals surface area (Å²) in [6, 6.07) is 9.97. The second kappa shape index (κ2) is 8.52. The number of amides is 1. The van der Waals surface area contributed by atoms with Gasteiger partial charge in [0.05, 0.1) is 17.8 Å². The zero-order chi connectivity index (χ0) is 19.3. The molecule has 1 aromatic carbocycles. The summed E-state index contributed by atoms with van der Waals surface area (Å²) in [5, 5.41) is 3.32. The van der Waals surface area contributed by atoms with Crippen LogP contribution in [0.5, 0.6) is 0 Å². The van der Waals surface area contributed by atoms with Crippen LogP contribution >= 0.6 is 0 Å². The van der Waals surface area contributed by atoms with Gasteiger partial charge >= 0.3 is 6.18 Å². The predicted octanol–water partition coefficient (Wildman–Crippen LogP) is 3.88. The second-order valence-electron chi connectivity index (χ2n) is 6.66. The number of alkyl halides is 3. The van der Waals surface area contributed by atoms with Crippen LogP contribution in [0, 0.1) is 0 Å². The number of hydrogen-bond donors (Lipinski definition) is 1. The van der Waals surface area contributed by atoms with E-state index in [0.717, 1.165) is 50.2 Å². The van der Waals surface area contributed by atoms with Crippen molar-refractivity contribution < 1.29 is 18.0 Å². The van der Waals surface area contributed by atoms with E-state index in [0.29, 0.717) is 6.54 Å². The first-order chi connectivity index (χ1) is 12.9. The fourth-order valence-electron chi connectivity index (χ4n) is 3.31. The highest BCUT2D eigenvalue weighted by Crippen LogP contribution is 2.29. The Hall–Kier alpha value is -2.41. The van der Waals surface area contributed by atoms with E-state index >= 15 is 0 Å². The molecular weight excluding hydrogens is 355 g/mol. The van der Waals surface area contributed by atoms with Crippen molar-refractivity contribution >= 4 is 5.91 Å². The molecule has 1 unspecified atom stereocenters. The molecule has 0 aliphatic carbocycles. The fraction of sp³-hybridized carbons (Fsp3) is 0.400. The van der Waals surface area contributed by atoms with Gasteiger partial charge in [-0.1, -0.05) is 6.07 Å². The van der Waals surface area contributed by atoms with E-state index in [1.807, 2.05) is 12.1 Å². The van der Waals surface area contributed by atoms with Crippen LogP contribution < -0.4 is 5.32 Å². The average Bonchev–Trinajstić information content (AvgIpc) is 2.95. The number of rotatable bonds is 4. The van der Waals surface area contributed by atoms with E-state index in [-0.39, 0.29) is 17.5 Å². The predicted molar refractivity (Wildman–Crippen MR) is 96.1 cm³/mol. The number of aromatic nitrogens is 1. The lowest BCUT2D eigenvalue weighted by Gasteiger charge is -2.31. The Morgan fingerprint density at radius 2 is 1.89 bits per heavy atom. The molecule has 0 radical (unpaired) electrons. The summed E-state index contributed by atoms with van der Waals surface area (Å²) in [7, 11) is 0. The zero-order valence-electron chi connectivity index (χ0n) is 14.9. The molecule has 1 aliphatic heterocycles. The van der Waals surface area contributed by atoms with E-state index < -0.39 is 11.7 Å². The van der Waals surface area contributed by atoms with Gasteiger partial charge in [0.25, 0.3) is 5.91 Å². The molecule has 0 bridgehead atoms. The highest BCUT2D eigenvalue weighted by atomic mass is 19.4. The molecular formula is C20H22F3N3O. The molecule has 27 heavy (non-hydrogen) atoms. The Kier molecular flexibility index (Phi) is 6.11. The Morgan fingerprint density at radius 1 is 1.11 bits per heavy atom. The van der Waals surface area contributed by atoms with Crippen LogP contribution in [0.3, 0.4) is 0 Å². The minimum Gasteiger partial charge on any atom is -0.330 e. The lowest BCUT2D eigenvalue weighted by molar-refractivity contribution is -0.137. The highest BCUT2D eigenvalue weighted by Gasteiger charge is 2.31. The molecule has 4 nitrogen and oxygen atoms in total. The smallest absolute Gasteiger partial charge is 0.330 e. The SMILES string of the molecule is O=C(c1ccc(C(F)(F)F)cc1)N(Cc1ccccn1)C1CCCNCC1. The Balaban J connectivity index is 1.85. The monoisotopic (exact) mass is 377 g/mol. The summed E-state index contributed by atoms with van der Waals surface area (Å²) < 4.78 is 38.4. The molecule has 1 aromatic heterocycles. The van der Waals surface area contributed by atoms with Gasteiger partial charge in [0.15, 0.2) is 0 Å². The summed E-state index contributed by atoms with van der Waals surface area (Å²) in [5.74, 6) is -0.263. The van der Waals surface area contributed by atoms with E-state index in [4.69, 9.17) is 0 Å². The molecule has 1 fully saturated rings. The first-order valence-electron chi connectivity index (χ1n) is 9.04. The summed E-state index contributed by atoms with van der Waals surface area (Å²) in [6.07, 6.45) is -0.137. The molecule has 1 amide bonds. The van der Waals surface area contributed by atoms with Crippen LogP contribution in [0.25, 0.3) is 0 Å². The number of hydrogen-bond acceptors (Lipinski definition) is 3. The lowest BCUT2D eigenvalue weighted by atomic mass is 10.0. The lowest BCUT2D eigenvalue weighted by Crippen LogP contribution is -2.40. The minimum atomic E-state index is -4.41. The molecule has 1 saturated heterocycles. The van der Waals surface area contributed by atoms with Crippen molar-refractivity contribution in [3.05, 3.63) is 65.5 Å². The van der Waals surface area contributed by atoms with Crippen LogP contribution in [-0.2, 0) is 12.7 Å². The van der Waals surface area contributed by atoms with Crippen molar-refractivity contribution in [1.82, 2.24) is 15.2 Å². The average molecular weight is 377 g/mol. The van der Waals surface area contributed by atoms with Gasteiger partial charge in [0.2, 0.25) is 0 Å². The van der Waals surface area contributed by atoms with Crippen molar-refractivity contribution in [2.45, 2.75) is 38.0 Å². The Bertz CT molecular complexity index is 739. The standard InChI is InChI=1S/C20H22F3N3O/c21-20(22,23)16-8-6-15(7-9-16)19(27)26(14-17-4-1-2-12-25-17)18-5-3-11-24-13-10-18/h1-2,4,6-9,12,18,24H,3,5,10-11,13-14H2. The maximum Gasteiger partial charge on any atom is 0.416 e. The summed E-state index contributed by atoms with van der Waals surface area (Å²) in [4.78, 5) is 19.2. The molecule has 1 atom stereocenters. The van der Waals surface area contributed by atoms with E-state index in [1.165, 1.54) is 12.1 Å². The van der Waals surface area contributed by atoms with E-state index in [2.05, 4.69) is 10.3 Å². The first kappa shape index (κ1) is 19.4. The minimum absolute atomic E-state index is 0.0248. The van der Waals surface area contributed by atoms with Gasteiger partial charge in [-0.2, -0.15) is 13.2 Å². The number of nitrogens with one attached hydrogen (secondary N) is 1. The molecule has 0 spiro atoms. The molecule has 2 heterocycles. The van der Waals surface area contributed by atoms with Crippen molar-refractivity contribution in [3.63, 3.8) is 0 Å². The van der Waals surface area contributed by atoms with Gasteiger partial charge in [0, 0.05) is 17.8 Å². The van der Waals surface area contributed by atoms with Crippen molar-refractivity contribution in [3.8, 4) is 0 Å². The molecule has 1 N–H and O–H groups in total. The van der Waals surface area contributed by atoms with Gasteiger partial charge in [-0.05, 0) is 68.8 Å². The van der Waals surface area contributed by atoms with Gasteiger partial charge in [-0.25, -0.2) is 0 Å². The number of nitrogens with zero attached hydrogens (tertiary/aromatic N) is 2. The molecule has 7 heteroatoms. The number of carbonyl (C=O) groups is 1. The first-order valence-corrected chi connectivity index (χ1v) is 9.04. The molecule has 0 saturated carbocycles. The van der Waals surface area contributed by atoms with Crippen molar-refractivity contribution in [2.24, 2.45) is 0 Å². The van der Waals surface area contributed by atoms with Gasteiger partial charge in [-0.15, -0.1) is 0 Å². The van der Waals surface area contributed by atoms with E-state index in [9.17, 15) is 18.0 Å². The zero-order valence-corrected chi connectivity index (χ0v) is 14.9. The Morgan fingerprint density at radius 3 is 2.56 bits per heavy atom. The van der Waals surface area contributed by atoms with Crippen LogP contribution in [-0.4, -0.2) is 34.9 Å². The second-order valence-corrected chi connectivity index (χ2v) is 6.66. The normalized spacial score (nSPS) is 18.0. The van der Waals surface area contributed by atoms with Crippen LogP contribution in [0.2, 0.25) is 0 Å². The quantitative estimate of drug-likeness (QED) is 0.879. The molecule has 1 aliphatic rings. The number of halogens is 3. The largest absolute Gasteiger partial charge is 0.416 e. The number of pyridine rings is 1. The van der Waals surface area contributed by atoms with Crippen molar-refractivity contribution in [2.75, 3.05) is 13.1 Å². The summed E-state index contributed by atoms with van der Waals surface area (Å²) in [5.41, 5.74) is 0.264. The van der Waals surface area contributed by atoms with Crippen LogP contribution in [0.15, 0.2) is 48.7 Å². The fourth-order valence-corrected chi connectivity index (χ4v) is 3.31. The third-order valence-electron chi connectivity index (χ3n) is 4.76. The third-order valence-corrected chi connectivity index (χ3v) is 4.76. The highest BCUT2D eigenvalue weighted by molar-refractivity contribution is 5.94. The summed E-state index contributed by atoms with van der Waals surface area (Å²) >= 11 is 0. The Labute approximate surface area is 156 Å². The van der Waals surface area contributed by atoms with E-state index in [1.54, 1.807) is 17.2 Å². The van der Waals surface area contributed by atoms with Crippen molar-refractivity contribution in [1.29, 1.82) is 0 Å².